The molecule has 1 N–H and O–H groups in total. The van der Waals surface area contributed by atoms with Crippen LogP contribution in [-0.2, 0) is 6.54 Å². The summed E-state index contributed by atoms with van der Waals surface area (Å²) in [5, 5.41) is 3.77. The predicted octanol–water partition coefficient (Wildman–Crippen LogP) is 3.98. The van der Waals surface area contributed by atoms with Crippen molar-refractivity contribution in [2.45, 2.75) is 6.54 Å². The van der Waals surface area contributed by atoms with Crippen LogP contribution in [0.1, 0.15) is 16.1 Å². The van der Waals surface area contributed by atoms with Crippen LogP contribution >= 0.6 is 23.2 Å². The number of rotatable bonds is 4. The SMILES string of the molecule is O=C(Nc1ncn(Cc2c(Cl)cccc2Cl)c2ncnc1-2)c1ccco1. The summed E-state index contributed by atoms with van der Waals surface area (Å²) in [5.41, 5.74) is 1.20. The first-order valence-corrected chi connectivity index (χ1v) is 8.32. The second kappa shape index (κ2) is 6.78. The van der Waals surface area contributed by atoms with E-state index in [2.05, 4.69) is 20.3 Å². The summed E-state index contributed by atoms with van der Waals surface area (Å²) >= 11 is 12.5. The standard InChI is InChI=1S/C17H11Cl2N5O2/c18-11-3-1-4-12(19)10(11)7-24-9-22-15(14-16(24)21-8-20-14)23-17(25)13-5-2-6-26-13/h1-6,8-9H,7H2,(H,23,25). The van der Waals surface area contributed by atoms with E-state index in [-0.39, 0.29) is 5.76 Å². The number of halogens is 2. The van der Waals surface area contributed by atoms with Gasteiger partial charge in [-0.2, -0.15) is 0 Å². The van der Waals surface area contributed by atoms with Crippen molar-refractivity contribution in [1.82, 2.24) is 19.5 Å². The Kier molecular flexibility index (Phi) is 4.32. The molecule has 9 heteroatoms. The number of hydrogen-bond donors (Lipinski definition) is 1. The molecule has 2 aliphatic rings. The molecule has 0 unspecified atom stereocenters. The van der Waals surface area contributed by atoms with Gasteiger partial charge in [0.15, 0.2) is 23.1 Å². The van der Waals surface area contributed by atoms with Crippen LogP contribution in [0.2, 0.25) is 10.0 Å². The van der Waals surface area contributed by atoms with Crippen molar-refractivity contribution in [3.63, 3.8) is 0 Å². The van der Waals surface area contributed by atoms with Gasteiger partial charge in [0.1, 0.15) is 6.33 Å². The number of imidazole rings is 1. The van der Waals surface area contributed by atoms with Crippen molar-refractivity contribution in [3.8, 4) is 11.5 Å². The fourth-order valence-corrected chi connectivity index (χ4v) is 3.04. The molecular formula is C17H11Cl2N5O2. The van der Waals surface area contributed by atoms with Gasteiger partial charge in [0, 0.05) is 15.6 Å². The molecule has 0 spiro atoms. The molecule has 3 heterocycles. The number of furan rings is 1. The fraction of sp³-hybridized carbons (Fsp3) is 0.0588. The Balaban J connectivity index is 1.67. The zero-order valence-corrected chi connectivity index (χ0v) is 14.7. The zero-order valence-electron chi connectivity index (χ0n) is 13.2. The number of nitrogens with zero attached hydrogens (tertiary/aromatic N) is 4. The van der Waals surface area contributed by atoms with Gasteiger partial charge in [0.2, 0.25) is 0 Å². The normalized spacial score (nSPS) is 11.0. The third-order valence-electron chi connectivity index (χ3n) is 3.77. The Morgan fingerprint density at radius 3 is 2.65 bits per heavy atom. The summed E-state index contributed by atoms with van der Waals surface area (Å²) in [6.07, 6.45) is 4.38. The van der Waals surface area contributed by atoms with Crippen LogP contribution in [-0.4, -0.2) is 25.4 Å². The van der Waals surface area contributed by atoms with Crippen LogP contribution in [0, 0.1) is 0 Å². The largest absolute Gasteiger partial charge is 0.459 e. The molecule has 2 aromatic rings. The fourth-order valence-electron chi connectivity index (χ4n) is 2.52. The Bertz CT molecular complexity index is 1030. The molecule has 0 fully saturated rings. The molecule has 2 aliphatic heterocycles. The van der Waals surface area contributed by atoms with Crippen LogP contribution in [0.5, 0.6) is 0 Å². The molecule has 0 aliphatic carbocycles. The number of fused-ring (bicyclic) bond motifs is 1. The topological polar surface area (TPSA) is 85.8 Å². The first kappa shape index (κ1) is 16.6. The van der Waals surface area contributed by atoms with Crippen molar-refractivity contribution in [2.75, 3.05) is 5.32 Å². The van der Waals surface area contributed by atoms with E-state index in [0.717, 1.165) is 5.56 Å². The van der Waals surface area contributed by atoms with E-state index in [9.17, 15) is 4.79 Å². The molecule has 0 radical (unpaired) electrons. The minimum Gasteiger partial charge on any atom is -0.459 e. The van der Waals surface area contributed by atoms with Crippen LogP contribution in [0.15, 0.2) is 53.7 Å². The summed E-state index contributed by atoms with van der Waals surface area (Å²) in [6.45, 7) is 0.368. The van der Waals surface area contributed by atoms with Crippen LogP contribution in [0.3, 0.4) is 0 Å². The highest BCUT2D eigenvalue weighted by Crippen LogP contribution is 2.29. The maximum Gasteiger partial charge on any atom is 0.292 e. The molecule has 1 aromatic heterocycles. The van der Waals surface area contributed by atoms with Gasteiger partial charge in [-0.15, -0.1) is 0 Å². The lowest BCUT2D eigenvalue weighted by molar-refractivity contribution is 0.0996. The second-order valence-electron chi connectivity index (χ2n) is 5.40. The van der Waals surface area contributed by atoms with Crippen molar-refractivity contribution in [3.05, 3.63) is 70.6 Å². The van der Waals surface area contributed by atoms with Gasteiger partial charge in [0.25, 0.3) is 5.91 Å². The molecule has 0 bridgehead atoms. The third-order valence-corrected chi connectivity index (χ3v) is 4.48. The van der Waals surface area contributed by atoms with Crippen LogP contribution in [0.4, 0.5) is 5.82 Å². The van der Waals surface area contributed by atoms with Crippen molar-refractivity contribution < 1.29 is 9.21 Å². The first-order valence-electron chi connectivity index (χ1n) is 7.57. The van der Waals surface area contributed by atoms with Crippen LogP contribution < -0.4 is 5.32 Å². The zero-order chi connectivity index (χ0) is 18.1. The van der Waals surface area contributed by atoms with Gasteiger partial charge < -0.3 is 14.3 Å². The van der Waals surface area contributed by atoms with E-state index in [1.807, 2.05) is 0 Å². The Morgan fingerprint density at radius 1 is 1.12 bits per heavy atom. The molecule has 1 aromatic carbocycles. The number of nitrogens with one attached hydrogen (secondary N) is 1. The molecule has 0 atom stereocenters. The van der Waals surface area contributed by atoms with Crippen molar-refractivity contribution in [1.29, 1.82) is 0 Å². The van der Waals surface area contributed by atoms with Gasteiger partial charge in [-0.25, -0.2) is 15.0 Å². The average molecular weight is 388 g/mol. The molecule has 0 saturated heterocycles. The van der Waals surface area contributed by atoms with Crippen LogP contribution in [0.25, 0.3) is 11.5 Å². The predicted molar refractivity (Wildman–Crippen MR) is 96.7 cm³/mol. The van der Waals surface area contributed by atoms with E-state index < -0.39 is 5.91 Å². The summed E-state index contributed by atoms with van der Waals surface area (Å²) < 4.78 is 6.84. The van der Waals surface area contributed by atoms with Gasteiger partial charge in [-0.1, -0.05) is 29.3 Å². The Hall–Kier alpha value is -2.90. The monoisotopic (exact) mass is 387 g/mol. The molecular weight excluding hydrogens is 377 g/mol. The Labute approximate surface area is 158 Å². The van der Waals surface area contributed by atoms with E-state index >= 15 is 0 Å². The molecule has 1 amide bonds. The minimum absolute atomic E-state index is 0.180. The third kappa shape index (κ3) is 3.02. The highest BCUT2D eigenvalue weighted by Gasteiger charge is 2.20. The summed E-state index contributed by atoms with van der Waals surface area (Å²) in [4.78, 5) is 24.9. The number of hydrogen-bond acceptors (Lipinski definition) is 5. The van der Waals surface area contributed by atoms with E-state index in [0.29, 0.717) is 33.9 Å². The number of aromatic nitrogens is 4. The second-order valence-corrected chi connectivity index (χ2v) is 6.21. The van der Waals surface area contributed by atoms with Gasteiger partial charge in [-0.05, 0) is 24.3 Å². The number of anilines is 1. The van der Waals surface area contributed by atoms with Gasteiger partial charge in [0.05, 0.1) is 19.1 Å². The number of carbonyl (C=O) groups is 1. The maximum atomic E-state index is 12.2. The molecule has 130 valence electrons. The van der Waals surface area contributed by atoms with E-state index in [4.69, 9.17) is 27.6 Å². The summed E-state index contributed by atoms with van der Waals surface area (Å²) in [6, 6.07) is 8.51. The lowest BCUT2D eigenvalue weighted by atomic mass is 10.2. The quantitative estimate of drug-likeness (QED) is 0.572. The highest BCUT2D eigenvalue weighted by atomic mass is 35.5. The smallest absolute Gasteiger partial charge is 0.292 e. The highest BCUT2D eigenvalue weighted by molar-refractivity contribution is 6.36. The molecule has 26 heavy (non-hydrogen) atoms. The molecule has 7 nitrogen and oxygen atoms in total. The van der Waals surface area contributed by atoms with Crippen molar-refractivity contribution >= 4 is 34.9 Å². The maximum absolute atomic E-state index is 12.2. The summed E-state index contributed by atoms with van der Waals surface area (Å²) in [7, 11) is 0. The summed E-state index contributed by atoms with van der Waals surface area (Å²) in [5.74, 6) is 0.601. The average Bonchev–Trinajstić information content (AvgIpc) is 3.31. The lowest BCUT2D eigenvalue weighted by Crippen LogP contribution is -2.16. The molecule has 4 rings (SSSR count). The lowest BCUT2D eigenvalue weighted by Gasteiger charge is -2.15. The Morgan fingerprint density at radius 2 is 1.92 bits per heavy atom. The van der Waals surface area contributed by atoms with Gasteiger partial charge >= 0.3 is 0 Å². The first-order chi connectivity index (χ1) is 12.6. The van der Waals surface area contributed by atoms with E-state index in [1.54, 1.807) is 41.2 Å². The van der Waals surface area contributed by atoms with Gasteiger partial charge in [-0.3, -0.25) is 4.79 Å². The molecule has 0 saturated carbocycles. The number of carbonyl (C=O) groups excluding carboxylic acids is 1. The number of amides is 1. The number of benzene rings is 1. The minimum atomic E-state index is -0.418. The van der Waals surface area contributed by atoms with E-state index in [1.165, 1.54) is 12.6 Å². The van der Waals surface area contributed by atoms with Crippen molar-refractivity contribution in [2.24, 2.45) is 0 Å².